The van der Waals surface area contributed by atoms with Gasteiger partial charge in [0.25, 0.3) is 0 Å². The van der Waals surface area contributed by atoms with E-state index in [4.69, 9.17) is 0 Å². The van der Waals surface area contributed by atoms with Gasteiger partial charge in [-0.15, -0.1) is 0 Å². The van der Waals surface area contributed by atoms with Crippen LogP contribution in [0.1, 0.15) is 64.7 Å². The van der Waals surface area contributed by atoms with Gasteiger partial charge in [-0.1, -0.05) is 51.9 Å². The van der Waals surface area contributed by atoms with Crippen LogP contribution in [0.2, 0.25) is 0 Å². The van der Waals surface area contributed by atoms with Crippen LogP contribution in [0.3, 0.4) is 0 Å². The fourth-order valence-corrected chi connectivity index (χ4v) is 2.11. The molecule has 71 valence electrons. The second-order valence-corrected chi connectivity index (χ2v) is 4.79. The number of hydrogen-bond donors (Lipinski definition) is 0. The minimum atomic E-state index is 0.386. The molecule has 0 aliphatic heterocycles. The van der Waals surface area contributed by atoms with Crippen LogP contribution >= 0.6 is 0 Å². The molecular formula is C12H23. The molecule has 1 radical (unpaired) electrons. The van der Waals surface area contributed by atoms with Crippen LogP contribution in [0.5, 0.6) is 0 Å². The molecule has 0 aromatic carbocycles. The Hall–Kier alpha value is 0. The molecule has 1 rings (SSSR count). The Morgan fingerprint density at radius 1 is 0.750 bits per heavy atom. The Morgan fingerprint density at radius 2 is 1.08 bits per heavy atom. The van der Waals surface area contributed by atoms with Crippen LogP contribution in [-0.2, 0) is 0 Å². The van der Waals surface area contributed by atoms with Crippen molar-refractivity contribution in [2.45, 2.75) is 64.7 Å². The Balaban J connectivity index is 2.27. The Bertz CT molecular complexity index is 101. The Morgan fingerprint density at radius 3 is 1.50 bits per heavy atom. The second-order valence-electron chi connectivity index (χ2n) is 4.79. The van der Waals surface area contributed by atoms with Crippen LogP contribution < -0.4 is 0 Å². The topological polar surface area (TPSA) is 0 Å². The lowest BCUT2D eigenvalue weighted by molar-refractivity contribution is 0.315. The maximum Gasteiger partial charge on any atom is -0.0326 e. The van der Waals surface area contributed by atoms with Crippen molar-refractivity contribution in [2.24, 2.45) is 5.41 Å². The van der Waals surface area contributed by atoms with E-state index in [1.165, 1.54) is 57.8 Å². The van der Waals surface area contributed by atoms with Crippen LogP contribution in [0, 0.1) is 12.3 Å². The van der Waals surface area contributed by atoms with Crippen LogP contribution in [0.25, 0.3) is 0 Å². The second kappa shape index (κ2) is 4.89. The summed E-state index contributed by atoms with van der Waals surface area (Å²) in [4.78, 5) is 0. The first-order valence-electron chi connectivity index (χ1n) is 5.56. The Kier molecular flexibility index (Phi) is 4.11. The van der Waals surface area contributed by atoms with Gasteiger partial charge in [-0.2, -0.15) is 0 Å². The lowest BCUT2D eigenvalue weighted by Crippen LogP contribution is -2.12. The van der Waals surface area contributed by atoms with Gasteiger partial charge in [0.2, 0.25) is 0 Å². The summed E-state index contributed by atoms with van der Waals surface area (Å²) in [6, 6.07) is 0. The third kappa shape index (κ3) is 4.13. The monoisotopic (exact) mass is 167 g/mol. The van der Waals surface area contributed by atoms with E-state index < -0.39 is 0 Å². The molecule has 1 aliphatic carbocycles. The van der Waals surface area contributed by atoms with Gasteiger partial charge in [0.15, 0.2) is 0 Å². The molecule has 0 amide bonds. The van der Waals surface area contributed by atoms with E-state index in [0.29, 0.717) is 5.41 Å². The first kappa shape index (κ1) is 10.1. The van der Waals surface area contributed by atoms with Gasteiger partial charge in [0, 0.05) is 0 Å². The van der Waals surface area contributed by atoms with Crippen molar-refractivity contribution in [1.82, 2.24) is 0 Å². The molecule has 0 unspecified atom stereocenters. The fraction of sp³-hybridized carbons (Fsp3) is 0.917. The zero-order valence-electron chi connectivity index (χ0n) is 8.57. The highest BCUT2D eigenvalue weighted by atomic mass is 14.2. The maximum absolute atomic E-state index is 4.30. The van der Waals surface area contributed by atoms with Gasteiger partial charge < -0.3 is 0 Å². The molecule has 0 aromatic rings. The predicted octanol–water partition coefficient (Wildman–Crippen LogP) is 4.35. The summed E-state index contributed by atoms with van der Waals surface area (Å²) >= 11 is 0. The minimum Gasteiger partial charge on any atom is -0.0596 e. The van der Waals surface area contributed by atoms with E-state index in [1.54, 1.807) is 0 Å². The largest absolute Gasteiger partial charge is 0.0596 e. The van der Waals surface area contributed by atoms with E-state index >= 15 is 0 Å². The average molecular weight is 167 g/mol. The van der Waals surface area contributed by atoms with Crippen LogP contribution in [0.4, 0.5) is 0 Å². The van der Waals surface area contributed by atoms with Crippen molar-refractivity contribution in [3.63, 3.8) is 0 Å². The summed E-state index contributed by atoms with van der Waals surface area (Å²) in [5.41, 5.74) is 0.386. The molecule has 0 nitrogen and oxygen atoms in total. The lowest BCUT2D eigenvalue weighted by atomic mass is 9.81. The molecule has 0 atom stereocenters. The smallest absolute Gasteiger partial charge is 0.0326 e. The Labute approximate surface area is 77.7 Å². The maximum atomic E-state index is 4.30. The van der Waals surface area contributed by atoms with Crippen molar-refractivity contribution in [3.8, 4) is 0 Å². The first-order valence-corrected chi connectivity index (χ1v) is 5.56. The van der Waals surface area contributed by atoms with Crippen molar-refractivity contribution >= 4 is 0 Å². The summed E-state index contributed by atoms with van der Waals surface area (Å²) in [5.74, 6) is 0. The molecule has 0 saturated heterocycles. The third-order valence-electron chi connectivity index (χ3n) is 3.06. The van der Waals surface area contributed by atoms with E-state index in [2.05, 4.69) is 13.8 Å². The van der Waals surface area contributed by atoms with Gasteiger partial charge in [0.1, 0.15) is 0 Å². The molecule has 1 saturated carbocycles. The summed E-state index contributed by atoms with van der Waals surface area (Å²) < 4.78 is 0. The molecule has 0 heteroatoms. The summed E-state index contributed by atoms with van der Waals surface area (Å²) in [6.07, 6.45) is 12.7. The van der Waals surface area contributed by atoms with Crippen molar-refractivity contribution < 1.29 is 0 Å². The molecule has 0 aromatic heterocycles. The third-order valence-corrected chi connectivity index (χ3v) is 3.06. The van der Waals surface area contributed by atoms with Gasteiger partial charge in [-0.3, -0.25) is 0 Å². The van der Waals surface area contributed by atoms with Gasteiger partial charge in [0.05, 0.1) is 0 Å². The number of rotatable bonds is 0. The normalized spacial score (nSPS) is 26.5. The van der Waals surface area contributed by atoms with E-state index in [0.717, 1.165) is 0 Å². The molecule has 12 heavy (non-hydrogen) atoms. The predicted molar refractivity (Wildman–Crippen MR) is 55.0 cm³/mol. The van der Waals surface area contributed by atoms with Crippen LogP contribution in [0.15, 0.2) is 0 Å². The highest BCUT2D eigenvalue weighted by molar-refractivity contribution is 4.77. The van der Waals surface area contributed by atoms with Crippen molar-refractivity contribution in [3.05, 3.63) is 6.92 Å². The zero-order chi connectivity index (χ0) is 8.86. The van der Waals surface area contributed by atoms with Gasteiger partial charge in [-0.05, 0) is 25.2 Å². The molecular weight excluding hydrogens is 144 g/mol. The summed E-state index contributed by atoms with van der Waals surface area (Å²) in [5, 5.41) is 0. The highest BCUT2D eigenvalue weighted by Crippen LogP contribution is 2.31. The molecule has 1 aliphatic rings. The zero-order valence-corrected chi connectivity index (χ0v) is 8.57. The average Bonchev–Trinajstić information content (AvgIpc) is 2.02. The van der Waals surface area contributed by atoms with Crippen LogP contribution in [-0.4, -0.2) is 0 Å². The standard InChI is InChI=1S/C12H23/c1-12(2)10-8-6-4-3-5-7-9-11-12/h1,3-11H2,2H3. The van der Waals surface area contributed by atoms with Gasteiger partial charge >= 0.3 is 0 Å². The molecule has 0 N–H and O–H groups in total. The van der Waals surface area contributed by atoms with Gasteiger partial charge in [-0.25, -0.2) is 0 Å². The summed E-state index contributed by atoms with van der Waals surface area (Å²) in [6.45, 7) is 6.63. The summed E-state index contributed by atoms with van der Waals surface area (Å²) in [7, 11) is 0. The quantitative estimate of drug-likeness (QED) is 0.503. The highest BCUT2D eigenvalue weighted by Gasteiger charge is 2.17. The molecule has 1 fully saturated rings. The number of hydrogen-bond acceptors (Lipinski definition) is 0. The molecule has 0 heterocycles. The first-order chi connectivity index (χ1) is 5.71. The molecule has 0 bridgehead atoms. The SMILES string of the molecule is [CH2]C1(C)CCCCCCCCC1. The lowest BCUT2D eigenvalue weighted by Gasteiger charge is -2.25. The van der Waals surface area contributed by atoms with E-state index in [9.17, 15) is 0 Å². The van der Waals surface area contributed by atoms with E-state index in [-0.39, 0.29) is 0 Å². The van der Waals surface area contributed by atoms with Crippen molar-refractivity contribution in [1.29, 1.82) is 0 Å². The minimum absolute atomic E-state index is 0.386. The van der Waals surface area contributed by atoms with E-state index in [1.807, 2.05) is 0 Å². The molecule has 0 spiro atoms. The fourth-order valence-electron chi connectivity index (χ4n) is 2.11. The van der Waals surface area contributed by atoms with Crippen molar-refractivity contribution in [2.75, 3.05) is 0 Å².